The molecule has 2 atom stereocenters. The highest BCUT2D eigenvalue weighted by Crippen LogP contribution is 2.56. The van der Waals surface area contributed by atoms with Crippen molar-refractivity contribution in [3.8, 4) is 0 Å². The molecule has 83 valence electrons. The Hall–Kier alpha value is -1.49. The first-order chi connectivity index (χ1) is 7.65. The molecule has 0 amide bonds. The quantitative estimate of drug-likeness (QED) is 0.738. The van der Waals surface area contributed by atoms with Crippen LogP contribution in [-0.4, -0.2) is 34.1 Å². The minimum Gasteiger partial charge on any atom is -0.477 e. The number of nitrogens with one attached hydrogen (secondary N) is 1. The Morgan fingerprint density at radius 3 is 3.00 bits per heavy atom. The van der Waals surface area contributed by atoms with Gasteiger partial charge in [-0.1, -0.05) is 0 Å². The Kier molecular flexibility index (Phi) is 1.83. The topological polar surface area (TPSA) is 75.1 Å². The second-order valence-electron chi connectivity index (χ2n) is 4.64. The van der Waals surface area contributed by atoms with Crippen LogP contribution in [0.1, 0.15) is 28.2 Å². The lowest BCUT2D eigenvalue weighted by molar-refractivity contribution is 0.0689. The van der Waals surface area contributed by atoms with Crippen LogP contribution >= 0.6 is 0 Å². The summed E-state index contributed by atoms with van der Waals surface area (Å²) in [5, 5.41) is 12.3. The first-order valence-corrected chi connectivity index (χ1v) is 5.34. The second-order valence-corrected chi connectivity index (χ2v) is 4.64. The minimum atomic E-state index is -1.00. The molecule has 2 heterocycles. The first-order valence-electron chi connectivity index (χ1n) is 5.34. The van der Waals surface area contributed by atoms with Crippen LogP contribution in [0.25, 0.3) is 0 Å². The van der Waals surface area contributed by atoms with Gasteiger partial charge in [0.25, 0.3) is 0 Å². The standard InChI is InChI=1S/C11H12N3O2/c1-6-8(10(15)16)13-5-14-9(6)11-2-7(11)3-12-4-11/h7,12H,2-4H2,1H3,(H,15,16). The van der Waals surface area contributed by atoms with Gasteiger partial charge in [-0.25, -0.2) is 14.8 Å². The van der Waals surface area contributed by atoms with Crippen molar-refractivity contribution in [2.24, 2.45) is 5.92 Å². The zero-order valence-corrected chi connectivity index (χ0v) is 8.95. The van der Waals surface area contributed by atoms with Crippen LogP contribution in [0, 0.1) is 19.2 Å². The van der Waals surface area contributed by atoms with E-state index in [-0.39, 0.29) is 11.1 Å². The monoisotopic (exact) mass is 218 g/mol. The zero-order chi connectivity index (χ0) is 11.3. The Bertz CT molecular complexity index is 474. The van der Waals surface area contributed by atoms with E-state index < -0.39 is 5.97 Å². The molecule has 1 aromatic rings. The number of carboxylic acids is 1. The van der Waals surface area contributed by atoms with Gasteiger partial charge < -0.3 is 10.4 Å². The summed E-state index contributed by atoms with van der Waals surface area (Å²) in [5.74, 6) is -0.395. The van der Waals surface area contributed by atoms with Gasteiger partial charge in [0.15, 0.2) is 12.0 Å². The van der Waals surface area contributed by atoms with Crippen LogP contribution in [-0.2, 0) is 5.41 Å². The second kappa shape index (κ2) is 3.01. The van der Waals surface area contributed by atoms with E-state index in [2.05, 4.69) is 21.6 Å². The lowest BCUT2D eigenvalue weighted by Gasteiger charge is -2.14. The third kappa shape index (κ3) is 1.12. The number of aromatic nitrogens is 2. The van der Waals surface area contributed by atoms with Crippen molar-refractivity contribution < 1.29 is 9.90 Å². The molecule has 1 aliphatic heterocycles. The van der Waals surface area contributed by atoms with Crippen molar-refractivity contribution in [3.63, 3.8) is 0 Å². The van der Waals surface area contributed by atoms with E-state index in [1.54, 1.807) is 6.92 Å². The number of aromatic carboxylic acids is 1. The van der Waals surface area contributed by atoms with Gasteiger partial charge in [0.2, 0.25) is 0 Å². The van der Waals surface area contributed by atoms with Crippen LogP contribution < -0.4 is 5.32 Å². The fourth-order valence-electron chi connectivity index (χ4n) is 2.81. The Balaban J connectivity index is 2.09. The highest BCUT2D eigenvalue weighted by molar-refractivity contribution is 5.87. The van der Waals surface area contributed by atoms with Crippen LogP contribution in [0.3, 0.4) is 0 Å². The van der Waals surface area contributed by atoms with E-state index in [0.29, 0.717) is 11.5 Å². The SMILES string of the molecule is Cc1c(C(=O)O)n[c]nc1C12CNCC1C2. The molecule has 0 bridgehead atoms. The van der Waals surface area contributed by atoms with E-state index in [1.807, 2.05) is 0 Å². The summed E-state index contributed by atoms with van der Waals surface area (Å²) in [5.41, 5.74) is 1.71. The maximum absolute atomic E-state index is 11.0. The number of hydrogen-bond donors (Lipinski definition) is 2. The van der Waals surface area contributed by atoms with Crippen molar-refractivity contribution in [2.75, 3.05) is 13.1 Å². The van der Waals surface area contributed by atoms with Gasteiger partial charge in [0.1, 0.15) is 0 Å². The summed E-state index contributed by atoms with van der Waals surface area (Å²) >= 11 is 0. The van der Waals surface area contributed by atoms with Crippen molar-refractivity contribution >= 4 is 5.97 Å². The molecule has 2 N–H and O–H groups in total. The van der Waals surface area contributed by atoms with Gasteiger partial charge in [-0.3, -0.25) is 0 Å². The smallest absolute Gasteiger partial charge is 0.354 e. The van der Waals surface area contributed by atoms with E-state index in [0.717, 1.165) is 25.2 Å². The van der Waals surface area contributed by atoms with Crippen LogP contribution in [0.2, 0.25) is 0 Å². The number of carbonyl (C=O) groups is 1. The number of fused-ring (bicyclic) bond motifs is 1. The molecule has 2 unspecified atom stereocenters. The van der Waals surface area contributed by atoms with Gasteiger partial charge in [-0.05, 0) is 25.8 Å². The van der Waals surface area contributed by atoms with Gasteiger partial charge in [-0.15, -0.1) is 0 Å². The molecule has 1 radical (unpaired) electrons. The zero-order valence-electron chi connectivity index (χ0n) is 8.95. The number of rotatable bonds is 2. The molecule has 2 aliphatic rings. The van der Waals surface area contributed by atoms with Crippen LogP contribution in [0.5, 0.6) is 0 Å². The van der Waals surface area contributed by atoms with E-state index >= 15 is 0 Å². The molecular formula is C11H12N3O2. The summed E-state index contributed by atoms with van der Waals surface area (Å²) in [4.78, 5) is 18.9. The van der Waals surface area contributed by atoms with Crippen molar-refractivity contribution in [1.29, 1.82) is 0 Å². The fraction of sp³-hybridized carbons (Fsp3) is 0.545. The number of nitrogens with zero attached hydrogens (tertiary/aromatic N) is 2. The molecule has 5 heteroatoms. The van der Waals surface area contributed by atoms with Crippen molar-refractivity contribution in [2.45, 2.75) is 18.8 Å². The summed E-state index contributed by atoms with van der Waals surface area (Å²) in [6.07, 6.45) is 3.57. The predicted molar refractivity (Wildman–Crippen MR) is 55.2 cm³/mol. The van der Waals surface area contributed by atoms with Gasteiger partial charge in [0, 0.05) is 17.5 Å². The Morgan fingerprint density at radius 1 is 1.62 bits per heavy atom. The predicted octanol–water partition coefficient (Wildman–Crippen LogP) is 0.144. The molecule has 0 aromatic carbocycles. The van der Waals surface area contributed by atoms with E-state index in [9.17, 15) is 4.79 Å². The largest absolute Gasteiger partial charge is 0.477 e. The third-order valence-corrected chi connectivity index (χ3v) is 3.77. The van der Waals surface area contributed by atoms with Crippen LogP contribution in [0.4, 0.5) is 0 Å². The average Bonchev–Trinajstić information content (AvgIpc) is 2.81. The molecule has 0 spiro atoms. The molecule has 16 heavy (non-hydrogen) atoms. The summed E-state index contributed by atoms with van der Waals surface area (Å²) < 4.78 is 0. The van der Waals surface area contributed by atoms with E-state index in [4.69, 9.17) is 5.11 Å². The maximum atomic E-state index is 11.0. The molecule has 1 aromatic heterocycles. The molecule has 5 nitrogen and oxygen atoms in total. The molecular weight excluding hydrogens is 206 g/mol. The summed E-state index contributed by atoms with van der Waals surface area (Å²) in [6.45, 7) is 3.68. The number of piperidine rings is 1. The molecule has 1 aliphatic carbocycles. The van der Waals surface area contributed by atoms with Crippen LogP contribution in [0.15, 0.2) is 0 Å². The molecule has 3 rings (SSSR count). The minimum absolute atomic E-state index is 0.0632. The van der Waals surface area contributed by atoms with E-state index in [1.165, 1.54) is 0 Å². The molecule has 2 fully saturated rings. The van der Waals surface area contributed by atoms with Gasteiger partial charge >= 0.3 is 5.97 Å². The van der Waals surface area contributed by atoms with Gasteiger partial charge in [0.05, 0.1) is 5.69 Å². The maximum Gasteiger partial charge on any atom is 0.354 e. The highest BCUT2D eigenvalue weighted by atomic mass is 16.4. The lowest BCUT2D eigenvalue weighted by Crippen LogP contribution is -2.23. The van der Waals surface area contributed by atoms with Crippen molar-refractivity contribution in [3.05, 3.63) is 23.3 Å². The molecule has 1 saturated heterocycles. The molecule has 1 saturated carbocycles. The average molecular weight is 218 g/mol. The van der Waals surface area contributed by atoms with Gasteiger partial charge in [-0.2, -0.15) is 0 Å². The Morgan fingerprint density at radius 2 is 2.44 bits per heavy atom. The first kappa shape index (κ1) is 9.72. The normalized spacial score (nSPS) is 31.2. The summed E-state index contributed by atoms with van der Waals surface area (Å²) in [7, 11) is 0. The Labute approximate surface area is 92.9 Å². The lowest BCUT2D eigenvalue weighted by atomic mass is 9.96. The number of carboxylic acid groups (broad SMARTS) is 1. The summed E-state index contributed by atoms with van der Waals surface area (Å²) in [6, 6.07) is 0. The number of hydrogen-bond acceptors (Lipinski definition) is 4. The fourth-order valence-corrected chi connectivity index (χ4v) is 2.81. The highest BCUT2D eigenvalue weighted by Gasteiger charge is 2.60. The third-order valence-electron chi connectivity index (χ3n) is 3.77. The van der Waals surface area contributed by atoms with Crippen molar-refractivity contribution in [1.82, 2.24) is 15.3 Å².